The van der Waals surface area contributed by atoms with Crippen LogP contribution in [0.25, 0.3) is 0 Å². The number of carboxylic acid groups (broad SMARTS) is 1. The van der Waals surface area contributed by atoms with Crippen molar-refractivity contribution in [3.8, 4) is 5.75 Å². The highest BCUT2D eigenvalue weighted by molar-refractivity contribution is 7.86. The second-order valence-corrected chi connectivity index (χ2v) is 23.6. The van der Waals surface area contributed by atoms with Gasteiger partial charge in [0, 0.05) is 59.6 Å². The molecule has 19 nitrogen and oxygen atoms in total. The first-order valence-corrected chi connectivity index (χ1v) is 27.8. The number of aliphatic carboxylic acids is 1. The summed E-state index contributed by atoms with van der Waals surface area (Å²) in [6.45, 7) is 7.86. The second-order valence-electron chi connectivity index (χ2n) is 17.7. The van der Waals surface area contributed by atoms with E-state index in [4.69, 9.17) is 14.2 Å². The summed E-state index contributed by atoms with van der Waals surface area (Å²) >= 11 is 0. The van der Waals surface area contributed by atoms with Crippen molar-refractivity contribution in [1.29, 1.82) is 0 Å². The first-order chi connectivity index (χ1) is 32.1. The Labute approximate surface area is 402 Å². The SMILES string of the molecule is CC1(C)C(/C=C/C2=C(Oc3ccc(CCC(=O)O)cc3)C(=C/C=C3/N(CCCCS(=O)(=O)[O-])c4ccc(S(=O)(=O)O)cc4C3(C)C)/OCCO2)=[N+](CCCCS(=O)(=O)O)c2ccc(S(=O)(=O)O)cc21. The summed E-state index contributed by atoms with van der Waals surface area (Å²) in [7, 11) is -17.9. The van der Waals surface area contributed by atoms with Crippen molar-refractivity contribution in [2.75, 3.05) is 42.7 Å². The number of carbonyl (C=O) groups is 1. The molecule has 0 aromatic heterocycles. The molecule has 69 heavy (non-hydrogen) atoms. The summed E-state index contributed by atoms with van der Waals surface area (Å²) in [6.07, 6.45) is 7.60. The predicted octanol–water partition coefficient (Wildman–Crippen LogP) is 6.03. The van der Waals surface area contributed by atoms with E-state index in [1.165, 1.54) is 30.3 Å². The second kappa shape index (κ2) is 20.5. The van der Waals surface area contributed by atoms with Crippen LogP contribution in [-0.2, 0) is 72.0 Å². The van der Waals surface area contributed by atoms with Crippen molar-refractivity contribution >= 4 is 63.5 Å². The van der Waals surface area contributed by atoms with E-state index >= 15 is 0 Å². The smallest absolute Gasteiger partial charge is 0.303 e. The van der Waals surface area contributed by atoms with Crippen LogP contribution in [0, 0.1) is 0 Å². The fraction of sp³-hybridized carbons (Fsp3) is 0.391. The van der Waals surface area contributed by atoms with E-state index in [0.29, 0.717) is 46.1 Å². The Kier molecular flexibility index (Phi) is 15.7. The molecule has 3 aromatic carbocycles. The monoisotopic (exact) mass is 1030 g/mol. The maximum absolute atomic E-state index is 12.3. The number of benzene rings is 3. The molecule has 3 aromatic rings. The average molecular weight is 1040 g/mol. The summed E-state index contributed by atoms with van der Waals surface area (Å²) < 4.78 is 157. The summed E-state index contributed by atoms with van der Waals surface area (Å²) in [4.78, 5) is 12.5. The van der Waals surface area contributed by atoms with Gasteiger partial charge in [0.2, 0.25) is 11.4 Å². The van der Waals surface area contributed by atoms with Gasteiger partial charge in [0.25, 0.3) is 30.4 Å². The third-order valence-corrected chi connectivity index (χ3v) is 15.3. The molecule has 6 rings (SSSR count). The van der Waals surface area contributed by atoms with E-state index in [2.05, 4.69) is 0 Å². The van der Waals surface area contributed by atoms with Crippen LogP contribution in [0.15, 0.2) is 118 Å². The number of rotatable bonds is 20. The zero-order chi connectivity index (χ0) is 50.7. The van der Waals surface area contributed by atoms with E-state index in [1.807, 2.05) is 37.2 Å². The summed E-state index contributed by atoms with van der Waals surface area (Å²) in [5.41, 5.74) is 2.33. The average Bonchev–Trinajstić information content (AvgIpc) is 3.47. The van der Waals surface area contributed by atoms with Gasteiger partial charge in [-0.25, -0.2) is 8.42 Å². The van der Waals surface area contributed by atoms with Crippen LogP contribution in [0.1, 0.15) is 76.5 Å². The molecule has 0 bridgehead atoms. The Bertz CT molecular complexity index is 3120. The minimum Gasteiger partial charge on any atom is -0.748 e. The largest absolute Gasteiger partial charge is 0.748 e. The van der Waals surface area contributed by atoms with Crippen LogP contribution in [0.4, 0.5) is 11.4 Å². The number of allylic oxidation sites excluding steroid dienone is 5. The molecule has 0 aliphatic carbocycles. The lowest BCUT2D eigenvalue weighted by molar-refractivity contribution is -0.438. The minimum atomic E-state index is -4.60. The van der Waals surface area contributed by atoms with Crippen LogP contribution < -0.4 is 9.64 Å². The Morgan fingerprint density at radius 1 is 0.768 bits per heavy atom. The molecule has 0 atom stereocenters. The third kappa shape index (κ3) is 13.1. The van der Waals surface area contributed by atoms with E-state index in [9.17, 15) is 61.8 Å². The summed E-state index contributed by atoms with van der Waals surface area (Å²) in [5, 5.41) is 9.23. The molecule has 0 fully saturated rings. The lowest BCUT2D eigenvalue weighted by Crippen LogP contribution is -2.28. The van der Waals surface area contributed by atoms with E-state index in [1.54, 1.807) is 54.6 Å². The van der Waals surface area contributed by atoms with Crippen molar-refractivity contribution in [2.45, 2.75) is 86.8 Å². The van der Waals surface area contributed by atoms with Crippen molar-refractivity contribution < 1.29 is 80.6 Å². The Morgan fingerprint density at radius 3 is 2.01 bits per heavy atom. The lowest BCUT2D eigenvalue weighted by Gasteiger charge is -2.27. The highest BCUT2D eigenvalue weighted by Gasteiger charge is 2.45. The molecular formula is C46H54N2O17S4. The van der Waals surface area contributed by atoms with Crippen LogP contribution in [-0.4, -0.2) is 111 Å². The van der Waals surface area contributed by atoms with Crippen molar-refractivity contribution in [3.63, 3.8) is 0 Å². The number of nitrogens with zero attached hydrogens (tertiary/aromatic N) is 2. The topological polar surface area (TPSA) is 292 Å². The van der Waals surface area contributed by atoms with Gasteiger partial charge in [0.15, 0.2) is 17.2 Å². The molecule has 3 heterocycles. The molecule has 0 spiro atoms. The van der Waals surface area contributed by atoms with Gasteiger partial charge in [-0.2, -0.15) is 29.8 Å². The quantitative estimate of drug-likeness (QED) is 0.0571. The number of hydrogen-bond donors (Lipinski definition) is 4. The van der Waals surface area contributed by atoms with E-state index in [0.717, 1.165) is 5.56 Å². The maximum atomic E-state index is 12.3. The highest BCUT2D eigenvalue weighted by atomic mass is 32.2. The molecule has 374 valence electrons. The molecule has 3 aliphatic rings. The van der Waals surface area contributed by atoms with Crippen molar-refractivity contribution in [1.82, 2.24) is 0 Å². The molecular weight excluding hydrogens is 981 g/mol. The first kappa shape index (κ1) is 53.0. The number of hydrogen-bond acceptors (Lipinski definition) is 14. The Hall–Kier alpha value is -5.40. The molecule has 0 amide bonds. The van der Waals surface area contributed by atoms with Crippen LogP contribution in [0.5, 0.6) is 5.75 Å². The third-order valence-electron chi connectivity index (χ3n) is 12.0. The normalized spacial score (nSPS) is 18.3. The molecule has 0 unspecified atom stereocenters. The van der Waals surface area contributed by atoms with Crippen molar-refractivity contribution in [3.05, 3.63) is 125 Å². The van der Waals surface area contributed by atoms with Gasteiger partial charge >= 0.3 is 5.97 Å². The van der Waals surface area contributed by atoms with Gasteiger partial charge in [-0.15, -0.1) is 0 Å². The molecule has 4 N–H and O–H groups in total. The highest BCUT2D eigenvalue weighted by Crippen LogP contribution is 2.49. The fourth-order valence-electron chi connectivity index (χ4n) is 8.52. The number of unbranched alkanes of at least 4 members (excludes halogenated alkanes) is 2. The number of ether oxygens (including phenoxy) is 3. The molecule has 0 saturated heterocycles. The van der Waals surface area contributed by atoms with Crippen molar-refractivity contribution in [2.24, 2.45) is 0 Å². The zero-order valence-corrected chi connectivity index (χ0v) is 41.5. The van der Waals surface area contributed by atoms with Gasteiger partial charge in [0.1, 0.15) is 25.5 Å². The maximum Gasteiger partial charge on any atom is 0.303 e. The number of fused-ring (bicyclic) bond motifs is 2. The molecule has 23 heteroatoms. The lowest BCUT2D eigenvalue weighted by atomic mass is 9.81. The van der Waals surface area contributed by atoms with Gasteiger partial charge < -0.3 is 28.8 Å². The fourth-order valence-corrected chi connectivity index (χ4v) is 10.7. The van der Waals surface area contributed by atoms with Crippen LogP contribution >= 0.6 is 0 Å². The Morgan fingerprint density at radius 2 is 1.39 bits per heavy atom. The number of anilines is 1. The molecule has 0 radical (unpaired) electrons. The summed E-state index contributed by atoms with van der Waals surface area (Å²) in [6, 6.07) is 15.0. The Balaban J connectivity index is 1.49. The predicted molar refractivity (Wildman–Crippen MR) is 252 cm³/mol. The van der Waals surface area contributed by atoms with Crippen LogP contribution in [0.3, 0.4) is 0 Å². The van der Waals surface area contributed by atoms with Gasteiger partial charge in [0.05, 0.1) is 31.1 Å². The molecule has 3 aliphatic heterocycles. The van der Waals surface area contributed by atoms with Crippen LogP contribution in [0.2, 0.25) is 0 Å². The zero-order valence-electron chi connectivity index (χ0n) is 38.2. The minimum absolute atomic E-state index is 0.0217. The van der Waals surface area contributed by atoms with E-state index < -0.39 is 68.8 Å². The molecule has 0 saturated carbocycles. The van der Waals surface area contributed by atoms with E-state index in [-0.39, 0.29) is 85.5 Å². The van der Waals surface area contributed by atoms with Gasteiger partial charge in [-0.3, -0.25) is 18.5 Å². The standard InChI is InChI=1S/C46H54N2O17S4/c1-45(2)35-29-33(68(57,58)59)14-16-37(35)47(23-5-7-27-66(51,52)53)41(45)20-18-39-44(65-32-12-9-31(10-13-32)11-22-43(49)50)40(64-26-25-63-39)19-21-42-46(3,4)36-30-34(69(60,61)62)15-17-38(36)48(42)24-6-8-28-67(54,55)56/h9-10,12-21,29-30H,5-8,11,22-28H2,1-4H3,(H4-,49,50,51,52,53,54,55,56,57,58,59,60,61,62). The first-order valence-electron chi connectivity index (χ1n) is 21.7. The van der Waals surface area contributed by atoms with Gasteiger partial charge in [-0.05, 0) is 111 Å². The number of carboxylic acids is 1. The summed E-state index contributed by atoms with van der Waals surface area (Å²) in [5.74, 6) is -1.31. The number of aryl methyl sites for hydroxylation is 1. The van der Waals surface area contributed by atoms with Gasteiger partial charge in [-0.1, -0.05) is 26.0 Å².